The van der Waals surface area contributed by atoms with Crippen LogP contribution < -0.4 is 10.1 Å². The highest BCUT2D eigenvalue weighted by Crippen LogP contribution is 2.38. The van der Waals surface area contributed by atoms with Gasteiger partial charge in [-0.1, -0.05) is 37.3 Å². The first-order valence-corrected chi connectivity index (χ1v) is 7.98. The molecule has 0 saturated heterocycles. The largest absolute Gasteiger partial charge is 0.496 e. The molecule has 1 N–H and O–H groups in total. The first-order chi connectivity index (χ1) is 11.2. The fraction of sp³-hybridized carbons (Fsp3) is 0.316. The Morgan fingerprint density at radius 3 is 2.61 bits per heavy atom. The van der Waals surface area contributed by atoms with Gasteiger partial charge in [-0.2, -0.15) is 0 Å². The lowest BCUT2D eigenvalue weighted by Crippen LogP contribution is -2.47. The number of hydrogen-bond donors (Lipinski definition) is 1. The van der Waals surface area contributed by atoms with Gasteiger partial charge < -0.3 is 15.0 Å². The van der Waals surface area contributed by atoms with Crippen LogP contribution in [-0.2, 0) is 0 Å². The lowest BCUT2D eigenvalue weighted by molar-refractivity contribution is 0.0591. The zero-order valence-electron chi connectivity index (χ0n) is 13.7. The monoisotopic (exact) mass is 310 g/mol. The number of anilines is 1. The second-order valence-corrected chi connectivity index (χ2v) is 5.80. The molecule has 0 aromatic heterocycles. The third kappa shape index (κ3) is 2.65. The number of hydrogen-bond acceptors (Lipinski definition) is 3. The summed E-state index contributed by atoms with van der Waals surface area (Å²) in [5.41, 5.74) is 2.56. The van der Waals surface area contributed by atoms with Crippen LogP contribution in [0.2, 0.25) is 0 Å². The summed E-state index contributed by atoms with van der Waals surface area (Å²) >= 11 is 0. The number of para-hydroxylation sites is 2. The number of ether oxygens (including phenoxy) is 1. The van der Waals surface area contributed by atoms with Crippen LogP contribution in [0.25, 0.3) is 0 Å². The highest BCUT2D eigenvalue weighted by Gasteiger charge is 2.36. The Hall–Kier alpha value is -2.49. The van der Waals surface area contributed by atoms with Crippen molar-refractivity contribution in [2.24, 2.45) is 0 Å². The van der Waals surface area contributed by atoms with Crippen molar-refractivity contribution in [1.29, 1.82) is 0 Å². The van der Waals surface area contributed by atoms with E-state index in [1.165, 1.54) is 0 Å². The first kappa shape index (κ1) is 15.4. The molecule has 0 unspecified atom stereocenters. The van der Waals surface area contributed by atoms with E-state index in [0.29, 0.717) is 0 Å². The highest BCUT2D eigenvalue weighted by molar-refractivity contribution is 6.02. The minimum atomic E-state index is -0.233. The number of carbonyl (C=O) groups excluding carboxylic acids is 1. The van der Waals surface area contributed by atoms with Crippen molar-refractivity contribution in [3.63, 3.8) is 0 Å². The Morgan fingerprint density at radius 2 is 1.87 bits per heavy atom. The molecule has 0 saturated carbocycles. The molecule has 4 heteroatoms. The van der Waals surface area contributed by atoms with Gasteiger partial charge in [0.05, 0.1) is 12.7 Å². The van der Waals surface area contributed by atoms with E-state index >= 15 is 0 Å². The quantitative estimate of drug-likeness (QED) is 0.926. The Kier molecular flexibility index (Phi) is 4.24. The van der Waals surface area contributed by atoms with Crippen LogP contribution in [0.3, 0.4) is 0 Å². The molecule has 2 atom stereocenters. The molecule has 0 fully saturated rings. The highest BCUT2D eigenvalue weighted by atomic mass is 16.5. The van der Waals surface area contributed by atoms with Crippen molar-refractivity contribution in [1.82, 2.24) is 4.90 Å². The van der Waals surface area contributed by atoms with E-state index in [4.69, 9.17) is 4.74 Å². The number of carbonyl (C=O) groups is 1. The molecule has 120 valence electrons. The standard InChI is InChI=1S/C19H22N2O2/c1-4-13(2)21-18(15-10-6-8-12-17(15)23-3)20-16-11-7-5-9-14(16)19(21)22/h5-13,18,20H,4H2,1-3H3/t13-,18-/m1/s1. The van der Waals surface area contributed by atoms with Crippen molar-refractivity contribution in [2.75, 3.05) is 12.4 Å². The Labute approximate surface area is 137 Å². The molecule has 2 aromatic rings. The second kappa shape index (κ2) is 6.32. The SMILES string of the molecule is CC[C@@H](C)N1C(=O)c2ccccc2N[C@H]1c1ccccc1OC. The summed E-state index contributed by atoms with van der Waals surface area (Å²) in [4.78, 5) is 15.0. The van der Waals surface area contributed by atoms with E-state index in [-0.39, 0.29) is 18.1 Å². The van der Waals surface area contributed by atoms with Gasteiger partial charge in [0.15, 0.2) is 0 Å². The maximum absolute atomic E-state index is 13.0. The Morgan fingerprint density at radius 1 is 1.17 bits per heavy atom. The molecule has 0 radical (unpaired) electrons. The van der Waals surface area contributed by atoms with E-state index in [1.807, 2.05) is 53.4 Å². The normalized spacial score (nSPS) is 18.1. The van der Waals surface area contributed by atoms with Gasteiger partial charge in [0.1, 0.15) is 11.9 Å². The average molecular weight is 310 g/mol. The topological polar surface area (TPSA) is 41.6 Å². The lowest BCUT2D eigenvalue weighted by atomic mass is 10.0. The predicted molar refractivity (Wildman–Crippen MR) is 91.7 cm³/mol. The van der Waals surface area contributed by atoms with Crippen LogP contribution in [-0.4, -0.2) is 24.0 Å². The maximum Gasteiger partial charge on any atom is 0.258 e. The van der Waals surface area contributed by atoms with E-state index in [9.17, 15) is 4.79 Å². The number of fused-ring (bicyclic) bond motifs is 1. The van der Waals surface area contributed by atoms with E-state index < -0.39 is 0 Å². The molecule has 1 aliphatic rings. The third-order valence-corrected chi connectivity index (χ3v) is 4.46. The third-order valence-electron chi connectivity index (χ3n) is 4.46. The number of rotatable bonds is 4. The van der Waals surface area contributed by atoms with Crippen LogP contribution in [0, 0.1) is 0 Å². The van der Waals surface area contributed by atoms with Gasteiger partial charge in [0.2, 0.25) is 0 Å². The minimum Gasteiger partial charge on any atom is -0.496 e. The van der Waals surface area contributed by atoms with Gasteiger partial charge in [0, 0.05) is 17.3 Å². The van der Waals surface area contributed by atoms with Gasteiger partial charge in [-0.15, -0.1) is 0 Å². The molecule has 1 amide bonds. The van der Waals surface area contributed by atoms with Crippen molar-refractivity contribution < 1.29 is 9.53 Å². The van der Waals surface area contributed by atoms with E-state index in [2.05, 4.69) is 19.2 Å². The molecule has 1 aliphatic heterocycles. The Bertz CT molecular complexity index is 714. The molecule has 4 nitrogen and oxygen atoms in total. The Balaban J connectivity index is 2.12. The van der Waals surface area contributed by atoms with E-state index in [0.717, 1.165) is 29.0 Å². The van der Waals surface area contributed by atoms with Crippen LogP contribution in [0.15, 0.2) is 48.5 Å². The first-order valence-electron chi connectivity index (χ1n) is 7.98. The van der Waals surface area contributed by atoms with Gasteiger partial charge in [-0.05, 0) is 31.5 Å². The smallest absolute Gasteiger partial charge is 0.258 e. The average Bonchev–Trinajstić information content (AvgIpc) is 2.61. The van der Waals surface area contributed by atoms with Crippen LogP contribution in [0.4, 0.5) is 5.69 Å². The number of benzene rings is 2. The van der Waals surface area contributed by atoms with Crippen molar-refractivity contribution in [2.45, 2.75) is 32.5 Å². The summed E-state index contributed by atoms with van der Waals surface area (Å²) in [6.45, 7) is 4.17. The maximum atomic E-state index is 13.0. The fourth-order valence-corrected chi connectivity index (χ4v) is 3.04. The minimum absolute atomic E-state index is 0.0598. The fourth-order valence-electron chi connectivity index (χ4n) is 3.04. The lowest BCUT2D eigenvalue weighted by Gasteiger charge is -2.41. The molecular formula is C19H22N2O2. The predicted octanol–water partition coefficient (Wildman–Crippen LogP) is 4.06. The molecule has 2 aromatic carbocycles. The summed E-state index contributed by atoms with van der Waals surface area (Å²) in [5.74, 6) is 0.843. The molecule has 0 bridgehead atoms. The number of methoxy groups -OCH3 is 1. The molecule has 3 rings (SSSR count). The molecule has 1 heterocycles. The molecule has 0 aliphatic carbocycles. The summed E-state index contributed by atoms with van der Waals surface area (Å²) in [5, 5.41) is 3.51. The molecule has 23 heavy (non-hydrogen) atoms. The summed E-state index contributed by atoms with van der Waals surface area (Å²) in [6.07, 6.45) is 0.657. The summed E-state index contributed by atoms with van der Waals surface area (Å²) in [7, 11) is 1.66. The van der Waals surface area contributed by atoms with Crippen molar-refractivity contribution in [3.05, 3.63) is 59.7 Å². The summed E-state index contributed by atoms with van der Waals surface area (Å²) < 4.78 is 5.51. The van der Waals surface area contributed by atoms with Crippen molar-refractivity contribution >= 4 is 11.6 Å². The number of amides is 1. The van der Waals surface area contributed by atoms with Crippen LogP contribution in [0.5, 0.6) is 5.75 Å². The van der Waals surface area contributed by atoms with Gasteiger partial charge in [-0.25, -0.2) is 0 Å². The van der Waals surface area contributed by atoms with Gasteiger partial charge in [0.25, 0.3) is 5.91 Å². The zero-order chi connectivity index (χ0) is 16.4. The summed E-state index contributed by atoms with van der Waals surface area (Å²) in [6, 6.07) is 15.6. The zero-order valence-corrected chi connectivity index (χ0v) is 13.7. The number of nitrogens with zero attached hydrogens (tertiary/aromatic N) is 1. The molecule has 0 spiro atoms. The van der Waals surface area contributed by atoms with Crippen molar-refractivity contribution in [3.8, 4) is 5.75 Å². The van der Waals surface area contributed by atoms with E-state index in [1.54, 1.807) is 7.11 Å². The van der Waals surface area contributed by atoms with Gasteiger partial charge >= 0.3 is 0 Å². The van der Waals surface area contributed by atoms with Gasteiger partial charge in [-0.3, -0.25) is 4.79 Å². The van der Waals surface area contributed by atoms with Crippen LogP contribution >= 0.6 is 0 Å². The van der Waals surface area contributed by atoms with Crippen LogP contribution in [0.1, 0.15) is 42.4 Å². The molecular weight excluding hydrogens is 288 g/mol. The number of nitrogens with one attached hydrogen (secondary N) is 1. The second-order valence-electron chi connectivity index (χ2n) is 5.80.